The SMILES string of the molecule is CN1CCN(C(=O)c2ccc(-c3ccc(C(=O)NCc4cccc(C(F)(F)F)c4)s3)cc2)CC1. The Bertz CT molecular complexity index is 1170. The largest absolute Gasteiger partial charge is 0.416 e. The molecule has 0 aliphatic carbocycles. The van der Waals surface area contributed by atoms with Crippen LogP contribution in [0.4, 0.5) is 13.2 Å². The van der Waals surface area contributed by atoms with E-state index < -0.39 is 11.7 Å². The summed E-state index contributed by atoms with van der Waals surface area (Å²) in [7, 11) is 2.04. The number of nitrogens with zero attached hydrogens (tertiary/aromatic N) is 2. The molecule has 3 aromatic rings. The Labute approximate surface area is 199 Å². The lowest BCUT2D eigenvalue weighted by Gasteiger charge is -2.32. The number of piperazine rings is 1. The summed E-state index contributed by atoms with van der Waals surface area (Å²) in [5.74, 6) is -0.337. The van der Waals surface area contributed by atoms with Crippen LogP contribution >= 0.6 is 11.3 Å². The van der Waals surface area contributed by atoms with E-state index in [1.54, 1.807) is 24.3 Å². The standard InChI is InChI=1S/C25H24F3N3O2S/c1-30-11-13-31(14-12-30)24(33)19-7-5-18(6-8-19)21-9-10-22(34-21)23(32)29-16-17-3-2-4-20(15-17)25(26,27)28/h2-10,15H,11-14,16H2,1H3,(H,29,32). The fourth-order valence-corrected chi connectivity index (χ4v) is 4.64. The Hall–Kier alpha value is -3.17. The van der Waals surface area contributed by atoms with Crippen LogP contribution in [0.5, 0.6) is 0 Å². The third kappa shape index (κ3) is 5.66. The molecule has 1 fully saturated rings. The van der Waals surface area contributed by atoms with Crippen molar-refractivity contribution in [1.29, 1.82) is 0 Å². The van der Waals surface area contributed by atoms with Crippen LogP contribution in [0.3, 0.4) is 0 Å². The first-order valence-electron chi connectivity index (χ1n) is 10.8. The summed E-state index contributed by atoms with van der Waals surface area (Å²) in [6.45, 7) is 3.14. The van der Waals surface area contributed by atoms with E-state index in [1.165, 1.54) is 17.4 Å². The van der Waals surface area contributed by atoms with Gasteiger partial charge in [-0.25, -0.2) is 0 Å². The Kier molecular flexibility index (Phi) is 7.04. The maximum Gasteiger partial charge on any atom is 0.416 e. The number of amides is 2. The van der Waals surface area contributed by atoms with Gasteiger partial charge in [-0.3, -0.25) is 9.59 Å². The Balaban J connectivity index is 1.37. The average Bonchev–Trinajstić information content (AvgIpc) is 3.33. The van der Waals surface area contributed by atoms with E-state index in [0.29, 0.717) is 29.1 Å². The fraction of sp³-hybridized carbons (Fsp3) is 0.280. The predicted molar refractivity (Wildman–Crippen MR) is 126 cm³/mol. The van der Waals surface area contributed by atoms with Crippen LogP contribution in [0.15, 0.2) is 60.7 Å². The summed E-state index contributed by atoms with van der Waals surface area (Å²) < 4.78 is 38.6. The normalized spacial score (nSPS) is 14.8. The van der Waals surface area contributed by atoms with Gasteiger partial charge < -0.3 is 15.1 Å². The molecule has 0 atom stereocenters. The van der Waals surface area contributed by atoms with Crippen LogP contribution in [-0.4, -0.2) is 54.8 Å². The van der Waals surface area contributed by atoms with Gasteiger partial charge in [0.05, 0.1) is 10.4 Å². The Morgan fingerprint density at radius 2 is 1.68 bits per heavy atom. The van der Waals surface area contributed by atoms with Crippen LogP contribution < -0.4 is 5.32 Å². The van der Waals surface area contributed by atoms with E-state index in [-0.39, 0.29) is 18.4 Å². The fourth-order valence-electron chi connectivity index (χ4n) is 3.71. The van der Waals surface area contributed by atoms with E-state index in [0.717, 1.165) is 35.7 Å². The quantitative estimate of drug-likeness (QED) is 0.565. The molecule has 0 unspecified atom stereocenters. The number of carbonyl (C=O) groups is 2. The molecule has 2 aromatic carbocycles. The highest BCUT2D eigenvalue weighted by atomic mass is 32.1. The van der Waals surface area contributed by atoms with Crippen molar-refractivity contribution in [2.24, 2.45) is 0 Å². The third-order valence-electron chi connectivity index (χ3n) is 5.74. The number of rotatable bonds is 5. The number of hydrogen-bond acceptors (Lipinski definition) is 4. The number of carbonyl (C=O) groups excluding carboxylic acids is 2. The Morgan fingerprint density at radius 1 is 0.971 bits per heavy atom. The molecule has 2 heterocycles. The zero-order valence-corrected chi connectivity index (χ0v) is 19.4. The zero-order valence-electron chi connectivity index (χ0n) is 18.6. The Morgan fingerprint density at radius 3 is 2.35 bits per heavy atom. The van der Waals surface area contributed by atoms with Crippen LogP contribution in [-0.2, 0) is 12.7 Å². The molecule has 0 spiro atoms. The summed E-state index contributed by atoms with van der Waals surface area (Å²) in [6.07, 6.45) is -4.42. The van der Waals surface area contributed by atoms with Gasteiger partial charge in [-0.05, 0) is 54.6 Å². The molecule has 1 N–H and O–H groups in total. The van der Waals surface area contributed by atoms with Crippen molar-refractivity contribution in [3.8, 4) is 10.4 Å². The summed E-state index contributed by atoms with van der Waals surface area (Å²) in [6, 6.07) is 15.7. The first kappa shape index (κ1) is 24.0. The lowest BCUT2D eigenvalue weighted by molar-refractivity contribution is -0.137. The maximum absolute atomic E-state index is 12.9. The lowest BCUT2D eigenvalue weighted by Crippen LogP contribution is -2.47. The molecule has 4 rings (SSSR count). The minimum atomic E-state index is -4.42. The first-order chi connectivity index (χ1) is 16.2. The molecule has 0 saturated carbocycles. The first-order valence-corrected chi connectivity index (χ1v) is 11.6. The predicted octanol–water partition coefficient (Wildman–Crippen LogP) is 4.75. The molecule has 178 valence electrons. The highest BCUT2D eigenvalue weighted by Gasteiger charge is 2.30. The van der Waals surface area contributed by atoms with Gasteiger partial charge in [0.25, 0.3) is 11.8 Å². The number of hydrogen-bond donors (Lipinski definition) is 1. The molecule has 9 heteroatoms. The second-order valence-corrected chi connectivity index (χ2v) is 9.30. The number of alkyl halides is 3. The topological polar surface area (TPSA) is 52.7 Å². The van der Waals surface area contributed by atoms with Gasteiger partial charge in [0, 0.05) is 43.2 Å². The van der Waals surface area contributed by atoms with E-state index in [1.807, 2.05) is 30.1 Å². The van der Waals surface area contributed by atoms with Crippen LogP contribution in [0.1, 0.15) is 31.2 Å². The van der Waals surface area contributed by atoms with Crippen molar-refractivity contribution in [3.05, 3.63) is 82.2 Å². The smallest absolute Gasteiger partial charge is 0.347 e. The molecule has 5 nitrogen and oxygen atoms in total. The highest BCUT2D eigenvalue weighted by Crippen LogP contribution is 2.30. The minimum absolute atomic E-state index is 0.000906. The van der Waals surface area contributed by atoms with Gasteiger partial charge >= 0.3 is 6.18 Å². The number of likely N-dealkylation sites (N-methyl/N-ethyl adjacent to an activating group) is 1. The van der Waals surface area contributed by atoms with E-state index in [4.69, 9.17) is 0 Å². The van der Waals surface area contributed by atoms with Crippen molar-refractivity contribution in [2.75, 3.05) is 33.2 Å². The second kappa shape index (κ2) is 9.99. The zero-order chi connectivity index (χ0) is 24.3. The summed E-state index contributed by atoms with van der Waals surface area (Å²) in [4.78, 5) is 30.6. The van der Waals surface area contributed by atoms with Crippen molar-refractivity contribution in [2.45, 2.75) is 12.7 Å². The van der Waals surface area contributed by atoms with E-state index in [2.05, 4.69) is 10.2 Å². The van der Waals surface area contributed by atoms with Gasteiger partial charge in [0.2, 0.25) is 0 Å². The molecule has 0 bridgehead atoms. The summed E-state index contributed by atoms with van der Waals surface area (Å²) in [5.41, 5.74) is 1.15. The van der Waals surface area contributed by atoms with E-state index >= 15 is 0 Å². The van der Waals surface area contributed by atoms with Gasteiger partial charge in [0.15, 0.2) is 0 Å². The average molecular weight is 488 g/mol. The molecule has 34 heavy (non-hydrogen) atoms. The minimum Gasteiger partial charge on any atom is -0.347 e. The lowest BCUT2D eigenvalue weighted by atomic mass is 10.1. The van der Waals surface area contributed by atoms with Crippen molar-refractivity contribution in [3.63, 3.8) is 0 Å². The van der Waals surface area contributed by atoms with Crippen molar-refractivity contribution in [1.82, 2.24) is 15.1 Å². The molecule has 0 radical (unpaired) electrons. The van der Waals surface area contributed by atoms with Gasteiger partial charge in [-0.1, -0.05) is 24.3 Å². The van der Waals surface area contributed by atoms with Crippen LogP contribution in [0.25, 0.3) is 10.4 Å². The molecular weight excluding hydrogens is 463 g/mol. The summed E-state index contributed by atoms with van der Waals surface area (Å²) >= 11 is 1.29. The summed E-state index contributed by atoms with van der Waals surface area (Å²) in [5, 5.41) is 2.67. The van der Waals surface area contributed by atoms with Gasteiger partial charge in [-0.2, -0.15) is 13.2 Å². The number of benzene rings is 2. The second-order valence-electron chi connectivity index (χ2n) is 8.22. The monoisotopic (exact) mass is 487 g/mol. The number of thiophene rings is 1. The number of nitrogens with one attached hydrogen (secondary N) is 1. The van der Waals surface area contributed by atoms with Crippen molar-refractivity contribution >= 4 is 23.2 Å². The third-order valence-corrected chi connectivity index (χ3v) is 6.88. The molecule has 1 aromatic heterocycles. The highest BCUT2D eigenvalue weighted by molar-refractivity contribution is 7.17. The van der Waals surface area contributed by atoms with Crippen LogP contribution in [0.2, 0.25) is 0 Å². The van der Waals surface area contributed by atoms with Gasteiger partial charge in [0.1, 0.15) is 0 Å². The van der Waals surface area contributed by atoms with Crippen molar-refractivity contribution < 1.29 is 22.8 Å². The van der Waals surface area contributed by atoms with E-state index in [9.17, 15) is 22.8 Å². The molecular formula is C25H24F3N3O2S. The molecule has 2 amide bonds. The van der Waals surface area contributed by atoms with Gasteiger partial charge in [-0.15, -0.1) is 11.3 Å². The number of halogens is 3. The molecule has 1 aliphatic heterocycles. The maximum atomic E-state index is 12.9. The molecule has 1 saturated heterocycles. The van der Waals surface area contributed by atoms with Crippen LogP contribution in [0, 0.1) is 0 Å². The molecule has 1 aliphatic rings.